The zero-order valence-electron chi connectivity index (χ0n) is 20.1. The molecular formula is C26H36N2O6. The zero-order valence-corrected chi connectivity index (χ0v) is 20.1. The molecule has 0 bridgehead atoms. The molecule has 1 unspecified atom stereocenters. The third-order valence-electron chi connectivity index (χ3n) is 8.42. The number of nitrogens with zero attached hydrogens (tertiary/aromatic N) is 2. The van der Waals surface area contributed by atoms with Gasteiger partial charge in [0.25, 0.3) is 0 Å². The molecule has 0 aromatic rings. The fourth-order valence-electron chi connectivity index (χ4n) is 6.76. The number of carbonyl (C=O) groups excluding carboxylic acids is 3. The summed E-state index contributed by atoms with van der Waals surface area (Å²) in [5.74, 6) is -2.66. The van der Waals surface area contributed by atoms with Crippen molar-refractivity contribution in [3.63, 3.8) is 0 Å². The number of cyclic esters (lactones) is 1. The van der Waals surface area contributed by atoms with Crippen molar-refractivity contribution >= 4 is 17.8 Å². The average Bonchev–Trinajstić information content (AvgIpc) is 3.19. The molecule has 2 amide bonds. The van der Waals surface area contributed by atoms with Gasteiger partial charge in [-0.1, -0.05) is 57.4 Å². The molecular weight excluding hydrogens is 436 g/mol. The van der Waals surface area contributed by atoms with Crippen molar-refractivity contribution in [3.05, 3.63) is 24.3 Å². The molecule has 4 heterocycles. The number of fused-ring (bicyclic) bond motifs is 2. The molecule has 5 rings (SSSR count). The van der Waals surface area contributed by atoms with Gasteiger partial charge >= 0.3 is 5.97 Å². The number of esters is 1. The second-order valence-corrected chi connectivity index (χ2v) is 10.7. The highest BCUT2D eigenvalue weighted by atomic mass is 16.6. The van der Waals surface area contributed by atoms with Crippen molar-refractivity contribution in [2.45, 2.75) is 82.2 Å². The van der Waals surface area contributed by atoms with Crippen LogP contribution in [0.1, 0.15) is 52.4 Å². The third-order valence-corrected chi connectivity index (χ3v) is 8.42. The first-order chi connectivity index (χ1) is 16.4. The highest BCUT2D eigenvalue weighted by molar-refractivity contribution is 5.99. The first kappa shape index (κ1) is 23.5. The summed E-state index contributed by atoms with van der Waals surface area (Å²) in [6.45, 7) is 4.32. The summed E-state index contributed by atoms with van der Waals surface area (Å²) in [4.78, 5) is 44.9. The molecule has 1 spiro atoms. The molecule has 0 radical (unpaired) electrons. The van der Waals surface area contributed by atoms with Crippen LogP contribution in [0, 0.1) is 17.8 Å². The van der Waals surface area contributed by atoms with E-state index >= 15 is 0 Å². The van der Waals surface area contributed by atoms with Gasteiger partial charge in [0.1, 0.15) is 17.6 Å². The molecule has 0 aromatic carbocycles. The van der Waals surface area contributed by atoms with E-state index in [1.54, 1.807) is 4.90 Å². The largest absolute Gasteiger partial charge is 0.465 e. The smallest absolute Gasteiger partial charge is 0.312 e. The van der Waals surface area contributed by atoms with E-state index in [1.807, 2.05) is 43.1 Å². The second kappa shape index (κ2) is 9.11. The molecule has 34 heavy (non-hydrogen) atoms. The fourth-order valence-corrected chi connectivity index (χ4v) is 6.76. The van der Waals surface area contributed by atoms with Gasteiger partial charge in [0.15, 0.2) is 0 Å². The minimum atomic E-state index is -1.26. The van der Waals surface area contributed by atoms with Gasteiger partial charge in [-0.2, -0.15) is 0 Å². The Balaban J connectivity index is 1.62. The minimum Gasteiger partial charge on any atom is -0.465 e. The molecule has 1 aliphatic carbocycles. The molecule has 186 valence electrons. The van der Waals surface area contributed by atoms with Gasteiger partial charge in [0.05, 0.1) is 31.3 Å². The second-order valence-electron chi connectivity index (χ2n) is 10.7. The van der Waals surface area contributed by atoms with Gasteiger partial charge in [-0.3, -0.25) is 14.4 Å². The summed E-state index contributed by atoms with van der Waals surface area (Å²) < 4.78 is 12.0. The van der Waals surface area contributed by atoms with Crippen LogP contribution in [0.4, 0.5) is 0 Å². The average molecular weight is 473 g/mol. The Bertz CT molecular complexity index is 894. The molecule has 0 aromatic heterocycles. The van der Waals surface area contributed by atoms with Crippen molar-refractivity contribution in [2.24, 2.45) is 17.8 Å². The van der Waals surface area contributed by atoms with E-state index in [0.717, 1.165) is 25.7 Å². The summed E-state index contributed by atoms with van der Waals surface area (Å²) >= 11 is 0. The molecule has 8 nitrogen and oxygen atoms in total. The molecule has 4 aliphatic heterocycles. The lowest BCUT2D eigenvalue weighted by Gasteiger charge is -2.42. The normalized spacial score (nSPS) is 37.1. The molecule has 6 atom stereocenters. The van der Waals surface area contributed by atoms with Crippen LogP contribution in [0.3, 0.4) is 0 Å². The van der Waals surface area contributed by atoms with Crippen LogP contribution in [-0.4, -0.2) is 82.3 Å². The molecule has 8 heteroatoms. The molecule has 1 N–H and O–H groups in total. The van der Waals surface area contributed by atoms with E-state index in [2.05, 4.69) is 0 Å². The number of hydrogen-bond donors (Lipinski definition) is 1. The van der Waals surface area contributed by atoms with Gasteiger partial charge in [-0.05, 0) is 25.2 Å². The third kappa shape index (κ3) is 3.52. The number of carbonyl (C=O) groups is 3. The Kier molecular flexibility index (Phi) is 6.31. The first-order valence-electron chi connectivity index (χ1n) is 12.8. The van der Waals surface area contributed by atoms with Crippen molar-refractivity contribution in [2.75, 3.05) is 19.8 Å². The van der Waals surface area contributed by atoms with Crippen molar-refractivity contribution in [3.8, 4) is 0 Å². The quantitative estimate of drug-likeness (QED) is 0.495. The summed E-state index contributed by atoms with van der Waals surface area (Å²) in [7, 11) is 0. The highest BCUT2D eigenvalue weighted by Gasteiger charge is 2.72. The van der Waals surface area contributed by atoms with Gasteiger partial charge in [-0.25, -0.2) is 0 Å². The van der Waals surface area contributed by atoms with Gasteiger partial charge < -0.3 is 24.4 Å². The maximum atomic E-state index is 14.3. The van der Waals surface area contributed by atoms with Gasteiger partial charge in [0, 0.05) is 12.6 Å². The van der Waals surface area contributed by atoms with E-state index < -0.39 is 41.6 Å². The standard InChI is InChI=1S/C26H36N2O6/c1-16(2)18(15-29)28-22-24(31)27(17-9-4-3-5-10-17)13-8-12-26(22)21(23(28)30)20-19(34-26)11-6-7-14-33-25(20)32/h6,8,11-12,16-22,29H,3-5,7,9-10,13-15H2,1-2H3/t18-,19+,20-,21-,22?,26-/m0/s1. The van der Waals surface area contributed by atoms with Crippen LogP contribution >= 0.6 is 0 Å². The van der Waals surface area contributed by atoms with Crippen LogP contribution in [0.2, 0.25) is 0 Å². The van der Waals surface area contributed by atoms with Gasteiger partial charge in [0.2, 0.25) is 11.8 Å². The first-order valence-corrected chi connectivity index (χ1v) is 12.8. The minimum absolute atomic E-state index is 0.0760. The SMILES string of the molecule is CC(C)[C@H](CO)N1C(=O)[C@@H]2[C@H]3C(=O)OCCC=C[C@H]3O[C@@]23C=CCN(C2CCCCC2)C(=O)C13. The number of hydrogen-bond acceptors (Lipinski definition) is 6. The van der Waals surface area contributed by atoms with E-state index in [9.17, 15) is 19.5 Å². The van der Waals surface area contributed by atoms with Crippen molar-refractivity contribution < 1.29 is 29.0 Å². The maximum Gasteiger partial charge on any atom is 0.312 e. The molecule has 3 fully saturated rings. The van der Waals surface area contributed by atoms with E-state index in [4.69, 9.17) is 9.47 Å². The molecule has 2 saturated heterocycles. The zero-order chi connectivity index (χ0) is 24.0. The van der Waals surface area contributed by atoms with Crippen LogP contribution in [0.15, 0.2) is 24.3 Å². The Morgan fingerprint density at radius 3 is 2.59 bits per heavy atom. The van der Waals surface area contributed by atoms with E-state index in [-0.39, 0.29) is 37.0 Å². The summed E-state index contributed by atoms with van der Waals surface area (Å²) in [6.07, 6.45) is 12.8. The molecule has 1 saturated carbocycles. The Morgan fingerprint density at radius 2 is 1.88 bits per heavy atom. The summed E-state index contributed by atoms with van der Waals surface area (Å²) in [6, 6.07) is -1.34. The van der Waals surface area contributed by atoms with E-state index in [0.29, 0.717) is 13.0 Å². The van der Waals surface area contributed by atoms with Crippen LogP contribution < -0.4 is 0 Å². The molecule has 5 aliphatic rings. The van der Waals surface area contributed by atoms with Gasteiger partial charge in [-0.15, -0.1) is 0 Å². The predicted octanol–water partition coefficient (Wildman–Crippen LogP) is 1.82. The Labute approximate surface area is 200 Å². The number of aliphatic hydroxyl groups is 1. The number of aliphatic hydroxyl groups excluding tert-OH is 1. The predicted molar refractivity (Wildman–Crippen MR) is 123 cm³/mol. The lowest BCUT2D eigenvalue weighted by Crippen LogP contribution is -2.60. The topological polar surface area (TPSA) is 96.4 Å². The fraction of sp³-hybridized carbons (Fsp3) is 0.731. The maximum absolute atomic E-state index is 14.3. The van der Waals surface area contributed by atoms with Crippen LogP contribution in [-0.2, 0) is 23.9 Å². The number of likely N-dealkylation sites (tertiary alicyclic amines) is 1. The summed E-state index contributed by atoms with van der Waals surface area (Å²) in [5.41, 5.74) is -1.26. The van der Waals surface area contributed by atoms with Crippen molar-refractivity contribution in [1.29, 1.82) is 0 Å². The Morgan fingerprint density at radius 1 is 1.12 bits per heavy atom. The van der Waals surface area contributed by atoms with Crippen LogP contribution in [0.5, 0.6) is 0 Å². The number of rotatable bonds is 4. The Hall–Kier alpha value is -2.19. The number of ether oxygens (including phenoxy) is 2. The highest BCUT2D eigenvalue weighted by Crippen LogP contribution is 2.54. The summed E-state index contributed by atoms with van der Waals surface area (Å²) in [5, 5.41) is 10.3. The lowest BCUT2D eigenvalue weighted by atomic mass is 9.77. The van der Waals surface area contributed by atoms with Crippen molar-refractivity contribution in [1.82, 2.24) is 9.80 Å². The van der Waals surface area contributed by atoms with E-state index in [1.165, 1.54) is 6.42 Å². The lowest BCUT2D eigenvalue weighted by molar-refractivity contribution is -0.157. The monoisotopic (exact) mass is 472 g/mol. The van der Waals surface area contributed by atoms with Crippen LogP contribution in [0.25, 0.3) is 0 Å². The number of amides is 2.